The highest BCUT2D eigenvalue weighted by Crippen LogP contribution is 2.21. The monoisotopic (exact) mass is 245 g/mol. The number of ether oxygens (including phenoxy) is 1. The molecule has 0 saturated carbocycles. The van der Waals surface area contributed by atoms with Crippen LogP contribution in [0.15, 0.2) is 36.7 Å². The third-order valence-corrected chi connectivity index (χ3v) is 2.65. The first-order valence-corrected chi connectivity index (χ1v) is 6.22. The number of rotatable bonds is 5. The Labute approximate surface area is 107 Å². The maximum atomic E-state index is 5.76. The van der Waals surface area contributed by atoms with E-state index < -0.39 is 0 Å². The van der Waals surface area contributed by atoms with Gasteiger partial charge in [-0.2, -0.15) is 5.10 Å². The lowest BCUT2D eigenvalue weighted by atomic mass is 10.1. The molecule has 0 radical (unpaired) electrons. The molecule has 0 saturated heterocycles. The van der Waals surface area contributed by atoms with E-state index in [4.69, 9.17) is 10.5 Å². The summed E-state index contributed by atoms with van der Waals surface area (Å²) in [5.41, 5.74) is 6.99. The predicted molar refractivity (Wildman–Crippen MR) is 71.8 cm³/mol. The molecular weight excluding hydrogens is 226 g/mol. The van der Waals surface area contributed by atoms with Gasteiger partial charge in [0, 0.05) is 12.6 Å². The highest BCUT2D eigenvalue weighted by atomic mass is 16.5. The summed E-state index contributed by atoms with van der Waals surface area (Å²) < 4.78 is 7.54. The van der Waals surface area contributed by atoms with Crippen LogP contribution in [0, 0.1) is 0 Å². The first-order valence-electron chi connectivity index (χ1n) is 6.22. The van der Waals surface area contributed by atoms with Gasteiger partial charge in [-0.1, -0.05) is 12.1 Å². The summed E-state index contributed by atoms with van der Waals surface area (Å²) in [5.74, 6) is 1.58. The van der Waals surface area contributed by atoms with Gasteiger partial charge in [0.05, 0.1) is 12.4 Å². The minimum atomic E-state index is 0.180. The summed E-state index contributed by atoms with van der Waals surface area (Å²) in [7, 11) is 0. The van der Waals surface area contributed by atoms with E-state index in [1.807, 2.05) is 49.0 Å². The van der Waals surface area contributed by atoms with Crippen molar-refractivity contribution >= 4 is 0 Å². The van der Waals surface area contributed by atoms with Gasteiger partial charge >= 0.3 is 0 Å². The highest BCUT2D eigenvalue weighted by Gasteiger charge is 2.02. The molecule has 1 atom stereocenters. The molecule has 0 spiro atoms. The number of hydrogen-bond donors (Lipinski definition) is 1. The van der Waals surface area contributed by atoms with Crippen LogP contribution in [0.5, 0.6) is 11.5 Å². The summed E-state index contributed by atoms with van der Waals surface area (Å²) in [6.07, 6.45) is 4.49. The van der Waals surface area contributed by atoms with Crippen molar-refractivity contribution in [2.45, 2.75) is 32.9 Å². The average molecular weight is 245 g/mol. The molecule has 1 aromatic carbocycles. The second-order valence-corrected chi connectivity index (χ2v) is 4.46. The highest BCUT2D eigenvalue weighted by molar-refractivity contribution is 5.31. The Morgan fingerprint density at radius 1 is 1.28 bits per heavy atom. The number of hydrogen-bond acceptors (Lipinski definition) is 3. The standard InChI is InChI=1S/C14H19N3O/c1-3-17-10-14(9-16-17)18-13-6-4-12(5-7-13)8-11(2)15/h4-7,9-11H,3,8,15H2,1-2H3. The fourth-order valence-electron chi connectivity index (χ4n) is 1.77. The molecule has 1 aromatic heterocycles. The lowest BCUT2D eigenvalue weighted by molar-refractivity contribution is 0.481. The molecule has 4 heteroatoms. The van der Waals surface area contributed by atoms with Gasteiger partial charge in [-0.3, -0.25) is 4.68 Å². The molecule has 18 heavy (non-hydrogen) atoms. The molecule has 2 aromatic rings. The van der Waals surface area contributed by atoms with E-state index in [1.165, 1.54) is 5.56 Å². The molecule has 0 aliphatic rings. The fraction of sp³-hybridized carbons (Fsp3) is 0.357. The summed E-state index contributed by atoms with van der Waals surface area (Å²) in [5, 5.41) is 4.16. The van der Waals surface area contributed by atoms with E-state index in [9.17, 15) is 0 Å². The largest absolute Gasteiger partial charge is 0.454 e. The zero-order valence-corrected chi connectivity index (χ0v) is 10.8. The fourth-order valence-corrected chi connectivity index (χ4v) is 1.77. The molecule has 0 fully saturated rings. The van der Waals surface area contributed by atoms with Crippen LogP contribution in [-0.2, 0) is 13.0 Å². The van der Waals surface area contributed by atoms with Gasteiger partial charge in [-0.25, -0.2) is 0 Å². The van der Waals surface area contributed by atoms with Crippen molar-refractivity contribution in [2.24, 2.45) is 5.73 Å². The summed E-state index contributed by atoms with van der Waals surface area (Å²) in [4.78, 5) is 0. The number of nitrogens with two attached hydrogens (primary N) is 1. The Morgan fingerprint density at radius 3 is 2.56 bits per heavy atom. The third kappa shape index (κ3) is 3.34. The van der Waals surface area contributed by atoms with Crippen LogP contribution in [-0.4, -0.2) is 15.8 Å². The molecule has 4 nitrogen and oxygen atoms in total. The lowest BCUT2D eigenvalue weighted by Crippen LogP contribution is -2.17. The Bertz CT molecular complexity index is 488. The number of nitrogens with zero attached hydrogens (tertiary/aromatic N) is 2. The van der Waals surface area contributed by atoms with Crippen molar-refractivity contribution in [2.75, 3.05) is 0 Å². The van der Waals surface area contributed by atoms with Crippen molar-refractivity contribution in [3.63, 3.8) is 0 Å². The molecule has 2 N–H and O–H groups in total. The molecule has 0 amide bonds. The summed E-state index contributed by atoms with van der Waals surface area (Å²) in [6.45, 7) is 4.89. The molecule has 96 valence electrons. The van der Waals surface area contributed by atoms with Gasteiger partial charge in [0.25, 0.3) is 0 Å². The summed E-state index contributed by atoms with van der Waals surface area (Å²) >= 11 is 0. The van der Waals surface area contributed by atoms with Crippen LogP contribution in [0.25, 0.3) is 0 Å². The Kier molecular flexibility index (Phi) is 3.99. The minimum absolute atomic E-state index is 0.180. The van der Waals surface area contributed by atoms with Crippen LogP contribution >= 0.6 is 0 Å². The van der Waals surface area contributed by atoms with Gasteiger partial charge in [0.1, 0.15) is 5.75 Å². The van der Waals surface area contributed by atoms with E-state index >= 15 is 0 Å². The summed E-state index contributed by atoms with van der Waals surface area (Å²) in [6, 6.07) is 8.19. The van der Waals surface area contributed by atoms with Gasteiger partial charge in [-0.15, -0.1) is 0 Å². The molecule has 0 aliphatic heterocycles. The lowest BCUT2D eigenvalue weighted by Gasteiger charge is -2.06. The van der Waals surface area contributed by atoms with Crippen LogP contribution in [0.1, 0.15) is 19.4 Å². The van der Waals surface area contributed by atoms with E-state index in [2.05, 4.69) is 5.10 Å². The van der Waals surface area contributed by atoms with Crippen LogP contribution < -0.4 is 10.5 Å². The quantitative estimate of drug-likeness (QED) is 0.880. The maximum absolute atomic E-state index is 5.76. The maximum Gasteiger partial charge on any atom is 0.165 e. The minimum Gasteiger partial charge on any atom is -0.454 e. The van der Waals surface area contributed by atoms with Crippen molar-refractivity contribution in [1.29, 1.82) is 0 Å². The van der Waals surface area contributed by atoms with E-state index in [0.29, 0.717) is 0 Å². The molecule has 0 aliphatic carbocycles. The van der Waals surface area contributed by atoms with Gasteiger partial charge in [-0.05, 0) is 38.0 Å². The number of benzene rings is 1. The third-order valence-electron chi connectivity index (χ3n) is 2.65. The molecule has 1 unspecified atom stereocenters. The van der Waals surface area contributed by atoms with Crippen molar-refractivity contribution in [3.05, 3.63) is 42.2 Å². The van der Waals surface area contributed by atoms with Crippen molar-refractivity contribution in [3.8, 4) is 11.5 Å². The number of aromatic nitrogens is 2. The molecular formula is C14H19N3O. The topological polar surface area (TPSA) is 53.1 Å². The first kappa shape index (κ1) is 12.6. The van der Waals surface area contributed by atoms with Crippen LogP contribution in [0.3, 0.4) is 0 Å². The van der Waals surface area contributed by atoms with Crippen molar-refractivity contribution < 1.29 is 4.74 Å². The second kappa shape index (κ2) is 5.69. The van der Waals surface area contributed by atoms with E-state index in [-0.39, 0.29) is 6.04 Å². The molecule has 2 rings (SSSR count). The first-order chi connectivity index (χ1) is 8.67. The Morgan fingerprint density at radius 2 is 2.00 bits per heavy atom. The average Bonchev–Trinajstić information content (AvgIpc) is 2.79. The normalized spacial score (nSPS) is 12.4. The molecule has 0 bridgehead atoms. The van der Waals surface area contributed by atoms with Gasteiger partial charge < -0.3 is 10.5 Å². The van der Waals surface area contributed by atoms with Gasteiger partial charge in [0.2, 0.25) is 0 Å². The Hall–Kier alpha value is -1.81. The van der Waals surface area contributed by atoms with Crippen LogP contribution in [0.4, 0.5) is 0 Å². The van der Waals surface area contributed by atoms with Crippen molar-refractivity contribution in [1.82, 2.24) is 9.78 Å². The number of aryl methyl sites for hydroxylation is 1. The van der Waals surface area contributed by atoms with Gasteiger partial charge in [0.15, 0.2) is 5.75 Å². The smallest absolute Gasteiger partial charge is 0.165 e. The van der Waals surface area contributed by atoms with E-state index in [0.717, 1.165) is 24.5 Å². The second-order valence-electron chi connectivity index (χ2n) is 4.46. The Balaban J connectivity index is 2.01. The SMILES string of the molecule is CCn1cc(Oc2ccc(CC(C)N)cc2)cn1. The van der Waals surface area contributed by atoms with E-state index in [1.54, 1.807) is 6.20 Å². The zero-order chi connectivity index (χ0) is 13.0. The molecule has 1 heterocycles. The predicted octanol–water partition coefficient (Wildman–Crippen LogP) is 2.59. The van der Waals surface area contributed by atoms with Crippen LogP contribution in [0.2, 0.25) is 0 Å². The zero-order valence-electron chi connectivity index (χ0n) is 10.8.